The molecule has 0 radical (unpaired) electrons. The molecule has 4 heteroatoms. The van der Waals surface area contributed by atoms with Crippen molar-refractivity contribution in [3.8, 4) is 0 Å². The quantitative estimate of drug-likeness (QED) is 0.399. The lowest BCUT2D eigenvalue weighted by atomic mass is 9.61. The van der Waals surface area contributed by atoms with Crippen molar-refractivity contribution < 1.29 is 9.59 Å². The van der Waals surface area contributed by atoms with E-state index in [0.717, 1.165) is 24.8 Å². The van der Waals surface area contributed by atoms with Crippen molar-refractivity contribution in [1.29, 1.82) is 0 Å². The normalized spacial score (nSPS) is 38.1. The SMILES string of the molecule is [C-]#[N+][C@@]12CC=CC[C@]3(CCCC=C31)C(=O)NC2=O. The first-order valence-electron chi connectivity index (χ1n) is 6.26. The fraction of sp³-hybridized carbons (Fsp3) is 0.500. The van der Waals surface area contributed by atoms with Gasteiger partial charge in [-0.05, 0) is 25.7 Å². The van der Waals surface area contributed by atoms with Crippen LogP contribution in [0.3, 0.4) is 0 Å². The number of carbonyl (C=O) groups excluding carboxylic acids is 2. The van der Waals surface area contributed by atoms with Crippen LogP contribution in [0.15, 0.2) is 23.8 Å². The number of nitrogens with zero attached hydrogens (tertiary/aromatic N) is 1. The molecule has 0 saturated carbocycles. The summed E-state index contributed by atoms with van der Waals surface area (Å²) < 4.78 is 0. The van der Waals surface area contributed by atoms with Crippen LogP contribution in [0, 0.1) is 12.0 Å². The van der Waals surface area contributed by atoms with Gasteiger partial charge in [0.2, 0.25) is 5.91 Å². The lowest BCUT2D eigenvalue weighted by molar-refractivity contribution is -0.141. The molecule has 2 aliphatic carbocycles. The summed E-state index contributed by atoms with van der Waals surface area (Å²) in [5.74, 6) is -0.665. The van der Waals surface area contributed by atoms with E-state index in [9.17, 15) is 9.59 Å². The molecule has 2 bridgehead atoms. The number of hydrogen-bond acceptors (Lipinski definition) is 2. The number of hydrogen-bond donors (Lipinski definition) is 1. The van der Waals surface area contributed by atoms with E-state index >= 15 is 0 Å². The first kappa shape index (κ1) is 11.2. The predicted octanol–water partition coefficient (Wildman–Crippen LogP) is 1.75. The minimum Gasteiger partial charge on any atom is -0.294 e. The Morgan fingerprint density at radius 3 is 2.78 bits per heavy atom. The van der Waals surface area contributed by atoms with Crippen molar-refractivity contribution in [2.45, 2.75) is 37.6 Å². The van der Waals surface area contributed by atoms with Gasteiger partial charge in [-0.3, -0.25) is 19.8 Å². The maximum absolute atomic E-state index is 12.3. The molecule has 1 N–H and O–H groups in total. The average molecular weight is 242 g/mol. The summed E-state index contributed by atoms with van der Waals surface area (Å²) in [5, 5.41) is 2.43. The van der Waals surface area contributed by atoms with Crippen LogP contribution in [-0.2, 0) is 9.59 Å². The highest BCUT2D eigenvalue weighted by Gasteiger charge is 2.64. The van der Waals surface area contributed by atoms with Crippen LogP contribution in [0.1, 0.15) is 32.1 Å². The standard InChI is InChI=1S/C14H14N2O2/c1-15-14-9-5-4-8-13(11(17)16-12(14)18)7-3-2-6-10(13)14/h4-6H,2-3,7-9H2,(H,16,17,18)/t13-,14-/m0/s1. The summed E-state index contributed by atoms with van der Waals surface area (Å²) in [6, 6.07) is 0. The number of rotatable bonds is 0. The third kappa shape index (κ3) is 1.14. The molecular formula is C14H14N2O2. The van der Waals surface area contributed by atoms with Gasteiger partial charge in [-0.25, -0.2) is 6.57 Å². The Balaban J connectivity index is 2.28. The van der Waals surface area contributed by atoms with Crippen LogP contribution in [-0.4, -0.2) is 17.4 Å². The molecule has 1 heterocycles. The van der Waals surface area contributed by atoms with Gasteiger partial charge in [-0.2, -0.15) is 0 Å². The Hall–Kier alpha value is -1.89. The minimum atomic E-state index is -1.18. The molecule has 4 nitrogen and oxygen atoms in total. The largest absolute Gasteiger partial charge is 0.334 e. The van der Waals surface area contributed by atoms with Crippen LogP contribution in [0.5, 0.6) is 0 Å². The lowest BCUT2D eigenvalue weighted by Gasteiger charge is -2.42. The molecule has 2 atom stereocenters. The summed E-state index contributed by atoms with van der Waals surface area (Å²) in [6.45, 7) is 7.46. The third-order valence-corrected chi connectivity index (χ3v) is 4.39. The van der Waals surface area contributed by atoms with Crippen molar-refractivity contribution >= 4 is 11.8 Å². The second-order valence-electron chi connectivity index (χ2n) is 5.23. The van der Waals surface area contributed by atoms with Gasteiger partial charge in [0.1, 0.15) is 0 Å². The molecule has 0 aromatic rings. The highest BCUT2D eigenvalue weighted by atomic mass is 16.2. The smallest absolute Gasteiger partial charge is 0.294 e. The van der Waals surface area contributed by atoms with E-state index in [0.29, 0.717) is 12.8 Å². The molecule has 92 valence electrons. The van der Waals surface area contributed by atoms with Crippen LogP contribution in [0.25, 0.3) is 4.85 Å². The fourth-order valence-corrected chi connectivity index (χ4v) is 3.43. The van der Waals surface area contributed by atoms with Crippen molar-refractivity contribution in [1.82, 2.24) is 5.32 Å². The number of allylic oxidation sites excluding steroid dienone is 2. The third-order valence-electron chi connectivity index (χ3n) is 4.39. The summed E-state index contributed by atoms with van der Waals surface area (Å²) in [7, 11) is 0. The molecule has 1 fully saturated rings. The monoisotopic (exact) mass is 242 g/mol. The van der Waals surface area contributed by atoms with Crippen LogP contribution < -0.4 is 5.32 Å². The van der Waals surface area contributed by atoms with Crippen LogP contribution >= 0.6 is 0 Å². The van der Waals surface area contributed by atoms with Crippen LogP contribution in [0.2, 0.25) is 0 Å². The first-order chi connectivity index (χ1) is 8.66. The van der Waals surface area contributed by atoms with E-state index in [4.69, 9.17) is 6.57 Å². The second-order valence-corrected chi connectivity index (χ2v) is 5.23. The minimum absolute atomic E-state index is 0.218. The van der Waals surface area contributed by atoms with E-state index in [1.165, 1.54) is 0 Å². The summed E-state index contributed by atoms with van der Waals surface area (Å²) in [5.41, 5.74) is -1.07. The number of carbonyl (C=O) groups is 2. The molecule has 0 aromatic heterocycles. The Bertz CT molecular complexity index is 540. The topological polar surface area (TPSA) is 50.5 Å². The van der Waals surface area contributed by atoms with Crippen molar-refractivity contribution in [3.63, 3.8) is 0 Å². The molecule has 0 spiro atoms. The van der Waals surface area contributed by atoms with Crippen molar-refractivity contribution in [3.05, 3.63) is 35.2 Å². The van der Waals surface area contributed by atoms with Crippen molar-refractivity contribution in [2.75, 3.05) is 0 Å². The summed E-state index contributed by atoms with van der Waals surface area (Å²) in [4.78, 5) is 28.0. The van der Waals surface area contributed by atoms with Gasteiger partial charge in [-0.15, -0.1) is 0 Å². The molecule has 0 aromatic carbocycles. The van der Waals surface area contributed by atoms with E-state index in [2.05, 4.69) is 10.2 Å². The second kappa shape index (κ2) is 3.55. The number of piperidine rings is 1. The molecule has 3 rings (SSSR count). The zero-order chi connectivity index (χ0) is 12.8. The number of amides is 2. The summed E-state index contributed by atoms with van der Waals surface area (Å²) in [6.07, 6.45) is 9.30. The average Bonchev–Trinajstić information content (AvgIpc) is 2.53. The zero-order valence-electron chi connectivity index (χ0n) is 10.0. The highest BCUT2D eigenvalue weighted by molar-refractivity contribution is 6.11. The van der Waals surface area contributed by atoms with Gasteiger partial charge in [0.15, 0.2) is 0 Å². The maximum Gasteiger partial charge on any atom is 0.334 e. The Labute approximate surface area is 106 Å². The van der Waals surface area contributed by atoms with Gasteiger partial charge in [0.25, 0.3) is 0 Å². The molecule has 18 heavy (non-hydrogen) atoms. The molecule has 0 unspecified atom stereocenters. The van der Waals surface area contributed by atoms with E-state index in [1.807, 2.05) is 18.2 Å². The first-order valence-corrected chi connectivity index (χ1v) is 6.26. The molecule has 1 saturated heterocycles. The highest BCUT2D eigenvalue weighted by Crippen LogP contribution is 2.52. The number of nitrogens with one attached hydrogen (secondary N) is 1. The van der Waals surface area contributed by atoms with Crippen molar-refractivity contribution in [2.24, 2.45) is 5.41 Å². The zero-order valence-corrected chi connectivity index (χ0v) is 10.0. The predicted molar refractivity (Wildman–Crippen MR) is 65.2 cm³/mol. The Kier molecular flexibility index (Phi) is 2.21. The molecular weight excluding hydrogens is 228 g/mol. The Morgan fingerprint density at radius 1 is 1.22 bits per heavy atom. The molecule has 3 aliphatic rings. The van der Waals surface area contributed by atoms with E-state index in [-0.39, 0.29) is 5.91 Å². The Morgan fingerprint density at radius 2 is 2.00 bits per heavy atom. The van der Waals surface area contributed by atoms with E-state index in [1.54, 1.807) is 0 Å². The van der Waals surface area contributed by atoms with Gasteiger partial charge in [-0.1, -0.05) is 18.2 Å². The van der Waals surface area contributed by atoms with Gasteiger partial charge >= 0.3 is 11.4 Å². The van der Waals surface area contributed by atoms with Gasteiger partial charge in [0.05, 0.1) is 11.8 Å². The maximum atomic E-state index is 12.3. The summed E-state index contributed by atoms with van der Waals surface area (Å²) >= 11 is 0. The molecule has 2 amide bonds. The van der Waals surface area contributed by atoms with Crippen LogP contribution in [0.4, 0.5) is 0 Å². The van der Waals surface area contributed by atoms with E-state index < -0.39 is 16.9 Å². The van der Waals surface area contributed by atoms with Gasteiger partial charge < -0.3 is 0 Å². The lowest BCUT2D eigenvalue weighted by Crippen LogP contribution is -2.62. The van der Waals surface area contributed by atoms with Gasteiger partial charge in [0, 0.05) is 5.57 Å². The fourth-order valence-electron chi connectivity index (χ4n) is 3.43. The number of imide groups is 1. The molecule has 1 aliphatic heterocycles.